The second-order valence-electron chi connectivity index (χ2n) is 3.77. The molecule has 1 aliphatic heterocycles. The van der Waals surface area contributed by atoms with E-state index in [2.05, 4.69) is 5.10 Å². The number of hydrogen-bond acceptors (Lipinski definition) is 3. The number of rotatable bonds is 4. The number of hydrazone groups is 1. The van der Waals surface area contributed by atoms with Gasteiger partial charge >= 0.3 is 5.97 Å². The van der Waals surface area contributed by atoms with Crippen LogP contribution in [0.5, 0.6) is 0 Å². The van der Waals surface area contributed by atoms with Crippen molar-refractivity contribution in [1.29, 1.82) is 0 Å². The number of hydrogen-bond donors (Lipinski definition) is 1. The molecular weight excluding hydrogens is 220 g/mol. The Kier molecular flexibility index (Phi) is 3.18. The molecule has 88 valence electrons. The van der Waals surface area contributed by atoms with E-state index in [0.717, 1.165) is 5.56 Å². The van der Waals surface area contributed by atoms with Crippen molar-refractivity contribution in [3.63, 3.8) is 0 Å². The first kappa shape index (κ1) is 11.3. The van der Waals surface area contributed by atoms with Crippen molar-refractivity contribution in [1.82, 2.24) is 0 Å². The van der Waals surface area contributed by atoms with E-state index in [-0.39, 0.29) is 12.3 Å². The number of anilines is 1. The van der Waals surface area contributed by atoms with Crippen LogP contribution >= 0.6 is 0 Å². The minimum absolute atomic E-state index is 0.0691. The van der Waals surface area contributed by atoms with Gasteiger partial charge in [0.2, 0.25) is 0 Å². The molecule has 0 unspecified atom stereocenters. The van der Waals surface area contributed by atoms with Crippen LogP contribution in [-0.4, -0.2) is 23.2 Å². The molecule has 0 bridgehead atoms. The topological polar surface area (TPSA) is 70.0 Å². The third-order valence-corrected chi connectivity index (χ3v) is 2.48. The Morgan fingerprint density at radius 2 is 2.29 bits per heavy atom. The average molecular weight is 232 g/mol. The Bertz CT molecular complexity index is 482. The van der Waals surface area contributed by atoms with Crippen molar-refractivity contribution in [3.8, 4) is 0 Å². The summed E-state index contributed by atoms with van der Waals surface area (Å²) in [6, 6.07) is 7.22. The van der Waals surface area contributed by atoms with Gasteiger partial charge in [-0.15, -0.1) is 0 Å². The summed E-state index contributed by atoms with van der Waals surface area (Å²) in [5, 5.41) is 13.9. The molecule has 2 rings (SSSR count). The standard InChI is InChI=1S/C12H12N2O3/c15-11-6-7-13-14(11)10-3-1-2-9(8-10)4-5-12(16)17/h1-3,7-8H,4-6H2,(H,16,17). The molecule has 0 radical (unpaired) electrons. The Morgan fingerprint density at radius 3 is 2.94 bits per heavy atom. The summed E-state index contributed by atoms with van der Waals surface area (Å²) in [7, 11) is 0. The Hall–Kier alpha value is -2.17. The van der Waals surface area contributed by atoms with E-state index in [1.807, 2.05) is 6.07 Å². The molecule has 1 heterocycles. The fraction of sp³-hybridized carbons (Fsp3) is 0.250. The van der Waals surface area contributed by atoms with Crippen LogP contribution in [0.15, 0.2) is 29.4 Å². The van der Waals surface area contributed by atoms with Gasteiger partial charge in [0, 0.05) is 12.6 Å². The highest BCUT2D eigenvalue weighted by Gasteiger charge is 2.18. The van der Waals surface area contributed by atoms with E-state index >= 15 is 0 Å². The Labute approximate surface area is 98.4 Å². The monoisotopic (exact) mass is 232 g/mol. The van der Waals surface area contributed by atoms with Crippen LogP contribution in [0.4, 0.5) is 5.69 Å². The normalized spacial score (nSPS) is 14.4. The lowest BCUT2D eigenvalue weighted by molar-refractivity contribution is -0.137. The lowest BCUT2D eigenvalue weighted by Crippen LogP contribution is -2.19. The van der Waals surface area contributed by atoms with E-state index in [4.69, 9.17) is 5.11 Å². The van der Waals surface area contributed by atoms with Gasteiger partial charge in [-0.25, -0.2) is 5.01 Å². The van der Waals surface area contributed by atoms with Crippen molar-refractivity contribution >= 4 is 23.8 Å². The molecule has 0 atom stereocenters. The summed E-state index contributed by atoms with van der Waals surface area (Å²) in [4.78, 5) is 21.9. The maximum atomic E-state index is 11.5. The third-order valence-electron chi connectivity index (χ3n) is 2.48. The fourth-order valence-corrected chi connectivity index (χ4v) is 1.66. The first-order chi connectivity index (χ1) is 8.16. The van der Waals surface area contributed by atoms with Crippen molar-refractivity contribution in [3.05, 3.63) is 29.8 Å². The van der Waals surface area contributed by atoms with Gasteiger partial charge in [-0.05, 0) is 24.1 Å². The molecule has 1 aromatic carbocycles. The zero-order valence-corrected chi connectivity index (χ0v) is 9.17. The van der Waals surface area contributed by atoms with Crippen LogP contribution in [0.1, 0.15) is 18.4 Å². The third kappa shape index (κ3) is 2.69. The van der Waals surface area contributed by atoms with Gasteiger partial charge in [-0.3, -0.25) is 9.59 Å². The highest BCUT2D eigenvalue weighted by Crippen LogP contribution is 2.20. The van der Waals surface area contributed by atoms with Crippen molar-refractivity contribution in [2.24, 2.45) is 5.10 Å². The van der Waals surface area contributed by atoms with E-state index in [1.54, 1.807) is 24.4 Å². The van der Waals surface area contributed by atoms with Gasteiger partial charge in [-0.1, -0.05) is 12.1 Å². The second-order valence-corrected chi connectivity index (χ2v) is 3.77. The molecule has 0 saturated heterocycles. The van der Waals surface area contributed by atoms with Crippen LogP contribution in [0, 0.1) is 0 Å². The molecule has 1 N–H and O–H groups in total. The second kappa shape index (κ2) is 4.78. The molecule has 0 aliphatic carbocycles. The van der Waals surface area contributed by atoms with E-state index in [1.165, 1.54) is 5.01 Å². The van der Waals surface area contributed by atoms with Crippen LogP contribution in [0.3, 0.4) is 0 Å². The largest absolute Gasteiger partial charge is 0.481 e. The minimum Gasteiger partial charge on any atom is -0.481 e. The maximum absolute atomic E-state index is 11.5. The van der Waals surface area contributed by atoms with Crippen LogP contribution in [0.25, 0.3) is 0 Å². The zero-order valence-electron chi connectivity index (χ0n) is 9.17. The molecule has 5 nitrogen and oxygen atoms in total. The number of carboxylic acids is 1. The number of benzene rings is 1. The number of carbonyl (C=O) groups is 2. The molecule has 0 fully saturated rings. The van der Waals surface area contributed by atoms with Crippen molar-refractivity contribution < 1.29 is 14.7 Å². The smallest absolute Gasteiger partial charge is 0.303 e. The van der Waals surface area contributed by atoms with Gasteiger partial charge in [-0.2, -0.15) is 5.10 Å². The summed E-state index contributed by atoms with van der Waals surface area (Å²) in [5.74, 6) is -0.897. The summed E-state index contributed by atoms with van der Waals surface area (Å²) in [6.07, 6.45) is 2.42. The first-order valence-electron chi connectivity index (χ1n) is 5.33. The highest BCUT2D eigenvalue weighted by molar-refractivity contribution is 6.05. The number of nitrogens with zero attached hydrogens (tertiary/aromatic N) is 2. The number of aryl methyl sites for hydroxylation is 1. The zero-order chi connectivity index (χ0) is 12.3. The van der Waals surface area contributed by atoms with Crippen LogP contribution < -0.4 is 5.01 Å². The SMILES string of the molecule is O=C(O)CCc1cccc(N2N=CCC2=O)c1. The molecule has 17 heavy (non-hydrogen) atoms. The van der Waals surface area contributed by atoms with Gasteiger partial charge in [0.25, 0.3) is 5.91 Å². The van der Waals surface area contributed by atoms with Crippen LogP contribution in [0.2, 0.25) is 0 Å². The van der Waals surface area contributed by atoms with Gasteiger partial charge in [0.15, 0.2) is 0 Å². The predicted octanol–water partition coefficient (Wildman–Crippen LogP) is 1.43. The van der Waals surface area contributed by atoms with Gasteiger partial charge in [0.05, 0.1) is 12.1 Å². The molecule has 5 heteroatoms. The van der Waals surface area contributed by atoms with Gasteiger partial charge in [0.1, 0.15) is 0 Å². The lowest BCUT2D eigenvalue weighted by atomic mass is 10.1. The molecule has 0 spiro atoms. The maximum Gasteiger partial charge on any atom is 0.303 e. The summed E-state index contributed by atoms with van der Waals surface area (Å²) in [5.41, 5.74) is 1.58. The average Bonchev–Trinajstić information content (AvgIpc) is 2.73. The number of carboxylic acid groups (broad SMARTS) is 1. The number of aliphatic carboxylic acids is 1. The molecule has 1 aromatic rings. The predicted molar refractivity (Wildman–Crippen MR) is 63.0 cm³/mol. The van der Waals surface area contributed by atoms with E-state index < -0.39 is 5.97 Å². The summed E-state index contributed by atoms with van der Waals surface area (Å²) in [6.45, 7) is 0. The minimum atomic E-state index is -0.828. The van der Waals surface area contributed by atoms with Gasteiger partial charge < -0.3 is 5.11 Å². The summed E-state index contributed by atoms with van der Waals surface area (Å²) < 4.78 is 0. The molecule has 0 aromatic heterocycles. The Morgan fingerprint density at radius 1 is 1.47 bits per heavy atom. The number of carbonyl (C=O) groups excluding carboxylic acids is 1. The first-order valence-corrected chi connectivity index (χ1v) is 5.33. The number of amides is 1. The lowest BCUT2D eigenvalue weighted by Gasteiger charge is -2.12. The highest BCUT2D eigenvalue weighted by atomic mass is 16.4. The van der Waals surface area contributed by atoms with Crippen molar-refractivity contribution in [2.45, 2.75) is 19.3 Å². The van der Waals surface area contributed by atoms with E-state index in [0.29, 0.717) is 18.5 Å². The van der Waals surface area contributed by atoms with Crippen LogP contribution in [-0.2, 0) is 16.0 Å². The summed E-state index contributed by atoms with van der Waals surface area (Å²) >= 11 is 0. The Balaban J connectivity index is 2.13. The molecule has 1 amide bonds. The van der Waals surface area contributed by atoms with Crippen molar-refractivity contribution in [2.75, 3.05) is 5.01 Å². The molecule has 0 saturated carbocycles. The van der Waals surface area contributed by atoms with E-state index in [9.17, 15) is 9.59 Å². The molecule has 1 aliphatic rings. The quantitative estimate of drug-likeness (QED) is 0.853. The molecular formula is C12H12N2O3. The fourth-order valence-electron chi connectivity index (χ4n) is 1.66.